The van der Waals surface area contributed by atoms with Crippen molar-refractivity contribution in [3.63, 3.8) is 0 Å². The van der Waals surface area contributed by atoms with Gasteiger partial charge < -0.3 is 30.3 Å². The minimum Gasteiger partial charge on any atom is -0.494 e. The van der Waals surface area contributed by atoms with Gasteiger partial charge in [0, 0.05) is 24.6 Å². The fraction of sp³-hybridized carbons (Fsp3) is 0.185. The number of nitrogens with one attached hydrogen (secondary N) is 2. The van der Waals surface area contributed by atoms with Crippen molar-refractivity contribution >= 4 is 34.2 Å². The minimum absolute atomic E-state index is 0.252. The third-order valence-corrected chi connectivity index (χ3v) is 5.32. The molecule has 4 aromatic rings. The van der Waals surface area contributed by atoms with Crippen LogP contribution in [0.1, 0.15) is 32.9 Å². The van der Waals surface area contributed by atoms with Crippen molar-refractivity contribution in [2.75, 3.05) is 31.3 Å². The molecule has 1 heterocycles. The van der Waals surface area contributed by atoms with Crippen LogP contribution in [-0.2, 0) is 11.3 Å². The zero-order valence-corrected chi connectivity index (χ0v) is 19.4. The molecular weight excluding hydrogens is 446 g/mol. The van der Waals surface area contributed by atoms with Gasteiger partial charge in [0.15, 0.2) is 5.76 Å². The monoisotopic (exact) mass is 473 g/mol. The molecule has 180 valence electrons. The SMILES string of the molecule is COCc1ccc2cc(C(=O)NCCCOc3ccc(C(=O)Nc4ccccc4N)cc3)oc2c1. The van der Waals surface area contributed by atoms with Gasteiger partial charge in [-0.3, -0.25) is 9.59 Å². The molecule has 0 spiro atoms. The van der Waals surface area contributed by atoms with E-state index >= 15 is 0 Å². The molecule has 1 aromatic heterocycles. The Balaban J connectivity index is 1.20. The maximum atomic E-state index is 12.4. The Hall–Kier alpha value is -4.30. The number of benzene rings is 3. The van der Waals surface area contributed by atoms with Gasteiger partial charge in [0.2, 0.25) is 0 Å². The second-order valence-corrected chi connectivity index (χ2v) is 7.94. The van der Waals surface area contributed by atoms with Gasteiger partial charge in [-0.1, -0.05) is 24.3 Å². The molecule has 0 aliphatic heterocycles. The van der Waals surface area contributed by atoms with Crippen LogP contribution in [0.4, 0.5) is 11.4 Å². The van der Waals surface area contributed by atoms with E-state index in [9.17, 15) is 9.59 Å². The van der Waals surface area contributed by atoms with Crippen molar-refractivity contribution in [3.05, 3.63) is 89.7 Å². The normalized spacial score (nSPS) is 10.8. The smallest absolute Gasteiger partial charge is 0.287 e. The Morgan fingerprint density at radius 2 is 1.77 bits per heavy atom. The largest absolute Gasteiger partial charge is 0.494 e. The van der Waals surface area contributed by atoms with Crippen molar-refractivity contribution in [2.24, 2.45) is 0 Å². The number of hydrogen-bond acceptors (Lipinski definition) is 6. The lowest BCUT2D eigenvalue weighted by molar-refractivity contribution is 0.0925. The summed E-state index contributed by atoms with van der Waals surface area (Å²) in [5, 5.41) is 6.49. The predicted molar refractivity (Wildman–Crippen MR) is 135 cm³/mol. The highest BCUT2D eigenvalue weighted by Gasteiger charge is 2.12. The zero-order chi connectivity index (χ0) is 24.6. The van der Waals surface area contributed by atoms with Gasteiger partial charge >= 0.3 is 0 Å². The highest BCUT2D eigenvalue weighted by Crippen LogP contribution is 2.22. The standard InChI is InChI=1S/C27H27N3O5/c1-33-17-18-7-8-20-16-25(35-24(20)15-18)27(32)29-13-4-14-34-21-11-9-19(10-12-21)26(31)30-23-6-3-2-5-22(23)28/h2-3,5-12,15-16H,4,13-14,17,28H2,1H3,(H,29,32)(H,30,31). The maximum absolute atomic E-state index is 12.4. The second-order valence-electron chi connectivity index (χ2n) is 7.94. The van der Waals surface area contributed by atoms with Gasteiger partial charge in [-0.2, -0.15) is 0 Å². The summed E-state index contributed by atoms with van der Waals surface area (Å²) in [7, 11) is 1.63. The predicted octanol–water partition coefficient (Wildman–Crippen LogP) is 4.61. The van der Waals surface area contributed by atoms with Crippen LogP contribution in [0.3, 0.4) is 0 Å². The van der Waals surface area contributed by atoms with Crippen molar-refractivity contribution < 1.29 is 23.5 Å². The molecule has 8 heteroatoms. The molecule has 35 heavy (non-hydrogen) atoms. The summed E-state index contributed by atoms with van der Waals surface area (Å²) < 4.78 is 16.5. The molecule has 0 atom stereocenters. The van der Waals surface area contributed by atoms with Crippen LogP contribution in [0, 0.1) is 0 Å². The number of carbonyl (C=O) groups is 2. The third kappa shape index (κ3) is 6.18. The van der Waals surface area contributed by atoms with Gasteiger partial charge in [-0.15, -0.1) is 0 Å². The number of fused-ring (bicyclic) bond motifs is 1. The number of carbonyl (C=O) groups excluding carboxylic acids is 2. The van der Waals surface area contributed by atoms with E-state index in [2.05, 4.69) is 10.6 Å². The van der Waals surface area contributed by atoms with Crippen LogP contribution in [-0.4, -0.2) is 32.1 Å². The average molecular weight is 474 g/mol. The van der Waals surface area contributed by atoms with Crippen LogP contribution >= 0.6 is 0 Å². The van der Waals surface area contributed by atoms with Crippen LogP contribution in [0.25, 0.3) is 11.0 Å². The zero-order valence-electron chi connectivity index (χ0n) is 19.4. The van der Waals surface area contributed by atoms with Crippen LogP contribution in [0.15, 0.2) is 77.2 Å². The number of nitrogen functional groups attached to an aromatic ring is 1. The van der Waals surface area contributed by atoms with E-state index in [0.717, 1.165) is 10.9 Å². The molecule has 4 rings (SSSR count). The van der Waals surface area contributed by atoms with Crippen molar-refractivity contribution in [2.45, 2.75) is 13.0 Å². The highest BCUT2D eigenvalue weighted by molar-refractivity contribution is 6.05. The number of nitrogens with two attached hydrogens (primary N) is 1. The third-order valence-electron chi connectivity index (χ3n) is 5.32. The van der Waals surface area contributed by atoms with E-state index in [4.69, 9.17) is 19.6 Å². The van der Waals surface area contributed by atoms with Crippen LogP contribution < -0.4 is 21.1 Å². The summed E-state index contributed by atoms with van der Waals surface area (Å²) in [6.45, 7) is 1.33. The van der Waals surface area contributed by atoms with Crippen molar-refractivity contribution in [1.82, 2.24) is 5.32 Å². The number of ether oxygens (including phenoxy) is 2. The minimum atomic E-state index is -0.274. The van der Waals surface area contributed by atoms with E-state index in [1.165, 1.54) is 0 Å². The highest BCUT2D eigenvalue weighted by atomic mass is 16.5. The lowest BCUT2D eigenvalue weighted by atomic mass is 10.2. The Kier molecular flexibility index (Phi) is 7.64. The molecule has 0 unspecified atom stereocenters. The van der Waals surface area contributed by atoms with E-state index in [1.54, 1.807) is 61.7 Å². The van der Waals surface area contributed by atoms with Crippen molar-refractivity contribution in [1.29, 1.82) is 0 Å². The Labute approximate surface area is 203 Å². The number of furan rings is 1. The molecule has 0 aliphatic rings. The lowest BCUT2D eigenvalue weighted by Crippen LogP contribution is -2.25. The Morgan fingerprint density at radius 1 is 0.971 bits per heavy atom. The first kappa shape index (κ1) is 23.8. The molecule has 3 aromatic carbocycles. The van der Waals surface area contributed by atoms with Gasteiger partial charge in [0.1, 0.15) is 11.3 Å². The summed E-state index contributed by atoms with van der Waals surface area (Å²) in [4.78, 5) is 24.8. The number of para-hydroxylation sites is 2. The average Bonchev–Trinajstić information content (AvgIpc) is 3.29. The first-order valence-corrected chi connectivity index (χ1v) is 11.2. The molecule has 0 aliphatic carbocycles. The molecule has 8 nitrogen and oxygen atoms in total. The summed E-state index contributed by atoms with van der Waals surface area (Å²) >= 11 is 0. The van der Waals surface area contributed by atoms with Crippen LogP contribution in [0.2, 0.25) is 0 Å². The summed E-state index contributed by atoms with van der Waals surface area (Å²) in [6, 6.07) is 21.4. The number of methoxy groups -OCH3 is 1. The quantitative estimate of drug-likeness (QED) is 0.229. The fourth-order valence-electron chi connectivity index (χ4n) is 3.50. The summed E-state index contributed by atoms with van der Waals surface area (Å²) in [5.41, 5.74) is 9.06. The first-order chi connectivity index (χ1) is 17.0. The van der Waals surface area contributed by atoms with Crippen LogP contribution in [0.5, 0.6) is 5.75 Å². The number of amides is 2. The Morgan fingerprint density at radius 3 is 2.54 bits per heavy atom. The topological polar surface area (TPSA) is 116 Å². The Bertz CT molecular complexity index is 1310. The van der Waals surface area contributed by atoms with Crippen molar-refractivity contribution in [3.8, 4) is 5.75 Å². The molecule has 4 N–H and O–H groups in total. The summed E-state index contributed by atoms with van der Waals surface area (Å²) in [5.74, 6) is 0.374. The lowest BCUT2D eigenvalue weighted by Gasteiger charge is -2.09. The van der Waals surface area contributed by atoms with E-state index in [-0.39, 0.29) is 17.6 Å². The number of anilines is 2. The number of hydrogen-bond donors (Lipinski definition) is 3. The maximum Gasteiger partial charge on any atom is 0.287 e. The first-order valence-electron chi connectivity index (χ1n) is 11.2. The molecule has 2 amide bonds. The fourth-order valence-corrected chi connectivity index (χ4v) is 3.50. The van der Waals surface area contributed by atoms with E-state index in [0.29, 0.717) is 54.5 Å². The second kappa shape index (κ2) is 11.2. The van der Waals surface area contributed by atoms with E-state index in [1.807, 2.05) is 18.2 Å². The molecule has 0 radical (unpaired) electrons. The van der Waals surface area contributed by atoms with E-state index < -0.39 is 0 Å². The molecular formula is C27H27N3O5. The summed E-state index contributed by atoms with van der Waals surface area (Å²) in [6.07, 6.45) is 0.611. The molecule has 0 fully saturated rings. The van der Waals surface area contributed by atoms with Gasteiger partial charge in [0.25, 0.3) is 11.8 Å². The molecule has 0 saturated heterocycles. The molecule has 0 saturated carbocycles. The van der Waals surface area contributed by atoms with Gasteiger partial charge in [-0.25, -0.2) is 0 Å². The molecule has 0 bridgehead atoms. The number of rotatable bonds is 10. The van der Waals surface area contributed by atoms with Gasteiger partial charge in [-0.05, 0) is 60.5 Å². The van der Waals surface area contributed by atoms with Gasteiger partial charge in [0.05, 0.1) is 24.6 Å².